The third-order valence-corrected chi connectivity index (χ3v) is 8.77. The Kier molecular flexibility index (Phi) is 5.80. The van der Waals surface area contributed by atoms with Crippen LogP contribution in [0.5, 0.6) is 0 Å². The molecule has 1 aromatic carbocycles. The van der Waals surface area contributed by atoms with Crippen LogP contribution >= 0.6 is 0 Å². The van der Waals surface area contributed by atoms with E-state index >= 15 is 0 Å². The lowest BCUT2D eigenvalue weighted by Gasteiger charge is -2.38. The molecule has 33 heavy (non-hydrogen) atoms. The molecule has 1 aliphatic carbocycles. The average molecular weight is 469 g/mol. The van der Waals surface area contributed by atoms with Gasteiger partial charge in [0, 0.05) is 43.2 Å². The largest absolute Gasteiger partial charge is 0.355 e. The minimum Gasteiger partial charge on any atom is -0.355 e. The maximum absolute atomic E-state index is 13.1. The van der Waals surface area contributed by atoms with Crippen LogP contribution in [0.2, 0.25) is 0 Å². The van der Waals surface area contributed by atoms with E-state index in [9.17, 15) is 13.2 Å². The zero-order chi connectivity index (χ0) is 23.1. The minimum absolute atomic E-state index is 0.0136. The van der Waals surface area contributed by atoms with E-state index in [-0.39, 0.29) is 23.3 Å². The molecule has 2 aromatic rings. The number of aromatic nitrogens is 1. The second-order valence-corrected chi connectivity index (χ2v) is 11.7. The first kappa shape index (κ1) is 22.2. The van der Waals surface area contributed by atoms with Gasteiger partial charge in [0.2, 0.25) is 15.9 Å². The number of piperidine rings is 1. The zero-order valence-corrected chi connectivity index (χ0v) is 19.9. The number of fused-ring (bicyclic) bond motifs is 2. The predicted molar refractivity (Wildman–Crippen MR) is 130 cm³/mol. The summed E-state index contributed by atoms with van der Waals surface area (Å²) in [6.07, 6.45) is 8.35. The lowest BCUT2D eigenvalue weighted by Crippen LogP contribution is -2.50. The molecule has 176 valence electrons. The Labute approximate surface area is 196 Å². The summed E-state index contributed by atoms with van der Waals surface area (Å²) in [5, 5.41) is 3.30. The number of pyridine rings is 1. The van der Waals surface area contributed by atoms with Gasteiger partial charge in [0.05, 0.1) is 11.9 Å². The van der Waals surface area contributed by atoms with Crippen LogP contribution in [0.15, 0.2) is 48.7 Å². The molecule has 7 nitrogen and oxygen atoms in total. The van der Waals surface area contributed by atoms with Crippen LogP contribution in [-0.2, 0) is 20.2 Å². The van der Waals surface area contributed by atoms with Crippen molar-refractivity contribution in [3.8, 4) is 0 Å². The summed E-state index contributed by atoms with van der Waals surface area (Å²) in [5.74, 6) is 1.09. The van der Waals surface area contributed by atoms with E-state index < -0.39 is 10.0 Å². The molecule has 1 unspecified atom stereocenters. The molecule has 2 fully saturated rings. The lowest BCUT2D eigenvalue weighted by atomic mass is 9.67. The molecular formula is C25H32N4O3S. The van der Waals surface area contributed by atoms with Gasteiger partial charge >= 0.3 is 0 Å². The second kappa shape index (κ2) is 8.63. The molecule has 1 spiro atoms. The van der Waals surface area contributed by atoms with Gasteiger partial charge in [0.1, 0.15) is 5.82 Å². The van der Waals surface area contributed by atoms with E-state index in [1.165, 1.54) is 6.26 Å². The number of benzene rings is 1. The van der Waals surface area contributed by atoms with Crippen molar-refractivity contribution in [3.05, 3.63) is 54.2 Å². The average Bonchev–Trinajstić information content (AvgIpc) is 3.15. The highest BCUT2D eigenvalue weighted by Crippen LogP contribution is 2.50. The number of nitrogens with zero attached hydrogens (tertiary/aromatic N) is 3. The number of hydrogen-bond acceptors (Lipinski definition) is 5. The minimum atomic E-state index is -3.32. The van der Waals surface area contributed by atoms with Gasteiger partial charge in [-0.3, -0.25) is 9.10 Å². The molecule has 1 atom stereocenters. The molecular weight excluding hydrogens is 436 g/mol. The summed E-state index contributed by atoms with van der Waals surface area (Å²) in [6, 6.07) is 13.9. The fraction of sp³-hybridized carbons (Fsp3) is 0.520. The first-order chi connectivity index (χ1) is 15.9. The van der Waals surface area contributed by atoms with Crippen molar-refractivity contribution in [1.82, 2.24) is 10.3 Å². The van der Waals surface area contributed by atoms with Crippen LogP contribution in [0.4, 0.5) is 11.5 Å². The van der Waals surface area contributed by atoms with Gasteiger partial charge in [-0.15, -0.1) is 0 Å². The van der Waals surface area contributed by atoms with Crippen LogP contribution in [0.25, 0.3) is 0 Å². The SMILES string of the molecule is CS(=O)(=O)N1CC2(CCC(C(=O)NC3CCCN(c4ccccn4)C3)CC2)c2ccccc21. The lowest BCUT2D eigenvalue weighted by molar-refractivity contribution is -0.127. The van der Waals surface area contributed by atoms with E-state index in [2.05, 4.69) is 21.3 Å². The third kappa shape index (κ3) is 4.33. The van der Waals surface area contributed by atoms with Gasteiger partial charge in [0.25, 0.3) is 0 Å². The molecule has 0 radical (unpaired) electrons. The number of nitrogens with one attached hydrogen (secondary N) is 1. The number of carbonyl (C=O) groups is 1. The Hall–Kier alpha value is -2.61. The fourth-order valence-electron chi connectivity index (χ4n) is 5.90. The van der Waals surface area contributed by atoms with Gasteiger partial charge in [-0.25, -0.2) is 13.4 Å². The van der Waals surface area contributed by atoms with E-state index in [4.69, 9.17) is 0 Å². The maximum atomic E-state index is 13.1. The highest BCUT2D eigenvalue weighted by atomic mass is 32.2. The normalized spacial score (nSPS) is 27.4. The van der Waals surface area contributed by atoms with Crippen molar-refractivity contribution in [2.45, 2.75) is 50.0 Å². The number of amides is 1. The summed E-state index contributed by atoms with van der Waals surface area (Å²) in [5.41, 5.74) is 1.74. The Balaban J connectivity index is 1.22. The third-order valence-electron chi connectivity index (χ3n) is 7.65. The molecule has 5 rings (SSSR count). The summed E-state index contributed by atoms with van der Waals surface area (Å²) in [7, 11) is -3.32. The van der Waals surface area contributed by atoms with E-state index in [0.717, 1.165) is 68.7 Å². The summed E-state index contributed by atoms with van der Waals surface area (Å²) in [4.78, 5) is 19.8. The topological polar surface area (TPSA) is 82.6 Å². The predicted octanol–water partition coefficient (Wildman–Crippen LogP) is 3.07. The van der Waals surface area contributed by atoms with E-state index in [0.29, 0.717) is 6.54 Å². The summed E-state index contributed by atoms with van der Waals surface area (Å²) < 4.78 is 26.3. The molecule has 1 amide bonds. The molecule has 8 heteroatoms. The van der Waals surface area contributed by atoms with Gasteiger partial charge in [-0.2, -0.15) is 0 Å². The molecule has 1 aromatic heterocycles. The highest BCUT2D eigenvalue weighted by Gasteiger charge is 2.48. The summed E-state index contributed by atoms with van der Waals surface area (Å²) in [6.45, 7) is 2.24. The van der Waals surface area contributed by atoms with Gasteiger partial charge in [-0.05, 0) is 62.3 Å². The molecule has 3 heterocycles. The summed E-state index contributed by atoms with van der Waals surface area (Å²) >= 11 is 0. The Morgan fingerprint density at radius 3 is 2.58 bits per heavy atom. The smallest absolute Gasteiger partial charge is 0.232 e. The number of anilines is 2. The molecule has 1 saturated carbocycles. The quantitative estimate of drug-likeness (QED) is 0.746. The standard InChI is InChI=1S/C25H32N4O3S/c1-33(31,32)29-18-25(21-8-2-3-9-22(21)29)13-11-19(12-14-25)24(30)27-20-7-6-16-28(17-20)23-10-4-5-15-26-23/h2-5,8-10,15,19-20H,6-7,11-14,16-18H2,1H3,(H,27,30). The Bertz CT molecular complexity index is 1110. The molecule has 1 saturated heterocycles. The van der Waals surface area contributed by atoms with Crippen molar-refractivity contribution in [2.75, 3.05) is 35.1 Å². The molecule has 2 aliphatic heterocycles. The van der Waals surface area contributed by atoms with Crippen LogP contribution in [0.3, 0.4) is 0 Å². The van der Waals surface area contributed by atoms with Crippen LogP contribution in [0, 0.1) is 5.92 Å². The van der Waals surface area contributed by atoms with Crippen LogP contribution in [-0.4, -0.2) is 51.2 Å². The fourth-order valence-corrected chi connectivity index (χ4v) is 6.90. The van der Waals surface area contributed by atoms with Gasteiger partial charge < -0.3 is 10.2 Å². The van der Waals surface area contributed by atoms with E-state index in [1.807, 2.05) is 42.6 Å². The number of rotatable bonds is 4. The first-order valence-corrected chi connectivity index (χ1v) is 13.7. The number of hydrogen-bond donors (Lipinski definition) is 1. The molecule has 3 aliphatic rings. The van der Waals surface area contributed by atoms with Crippen molar-refractivity contribution < 1.29 is 13.2 Å². The van der Waals surface area contributed by atoms with E-state index in [1.54, 1.807) is 4.31 Å². The highest BCUT2D eigenvalue weighted by molar-refractivity contribution is 7.92. The number of sulfonamides is 1. The first-order valence-electron chi connectivity index (χ1n) is 11.9. The maximum Gasteiger partial charge on any atom is 0.232 e. The number of para-hydroxylation sites is 1. The molecule has 1 N–H and O–H groups in total. The van der Waals surface area contributed by atoms with Crippen molar-refractivity contribution >= 4 is 27.4 Å². The zero-order valence-electron chi connectivity index (χ0n) is 19.1. The van der Waals surface area contributed by atoms with Crippen molar-refractivity contribution in [1.29, 1.82) is 0 Å². The van der Waals surface area contributed by atoms with Gasteiger partial charge in [0.15, 0.2) is 0 Å². The van der Waals surface area contributed by atoms with Crippen molar-refractivity contribution in [2.24, 2.45) is 5.92 Å². The van der Waals surface area contributed by atoms with Crippen LogP contribution < -0.4 is 14.5 Å². The number of carbonyl (C=O) groups excluding carboxylic acids is 1. The molecule has 0 bridgehead atoms. The van der Waals surface area contributed by atoms with Crippen molar-refractivity contribution in [3.63, 3.8) is 0 Å². The van der Waals surface area contributed by atoms with Crippen LogP contribution in [0.1, 0.15) is 44.1 Å². The Morgan fingerprint density at radius 2 is 1.85 bits per heavy atom. The van der Waals surface area contributed by atoms with Gasteiger partial charge in [-0.1, -0.05) is 24.3 Å². The second-order valence-electron chi connectivity index (χ2n) is 9.82. The Morgan fingerprint density at radius 1 is 1.09 bits per heavy atom. The monoisotopic (exact) mass is 468 g/mol.